The summed E-state index contributed by atoms with van der Waals surface area (Å²) >= 11 is 0. The number of aryl methyl sites for hydroxylation is 2. The maximum atomic E-state index is 12.0. The van der Waals surface area contributed by atoms with Gasteiger partial charge < -0.3 is 77.3 Å². The standard InChI is InChI=1S/C77H88O16/c1-7-54-46-62(76(3,4)60-19-21-64(78)56(48-60)41-52-17-23-70-72(43-52)92-39-31-84-27-35-88-68-15-11-9-13-66(68)86-33-25-82-29-37-90-70)50-58(74(54)80)45-59-51-63(47-55(8-2)75(59)81)77(5,6)61-20-22-65(79)57(49-61)42-53-18-24-71-73(44-53)93-40-32-85-28-36-89-69-16-12-10-14-67(69)87-34-26-83-30-38-91-71/h9-24,43-44,46-51,78-81H,7-8,25-42,45H2,1-6H3. The average molecular weight is 1270 g/mol. The fourth-order valence-electron chi connectivity index (χ4n) is 11.5. The van der Waals surface area contributed by atoms with Gasteiger partial charge in [0.2, 0.25) is 0 Å². The molecule has 2 aliphatic rings. The van der Waals surface area contributed by atoms with Crippen LogP contribution < -0.4 is 37.9 Å². The summed E-state index contributed by atoms with van der Waals surface area (Å²) in [5.74, 6) is 5.53. The number of phenolic OH excluding ortho intramolecular Hbond substituents is 4. The fraction of sp³-hybridized carbons (Fsp3) is 0.377. The highest BCUT2D eigenvalue weighted by molar-refractivity contribution is 5.57. The molecule has 0 atom stereocenters. The first-order valence-corrected chi connectivity index (χ1v) is 32.3. The van der Waals surface area contributed by atoms with Crippen molar-refractivity contribution in [2.75, 3.05) is 106 Å². The summed E-state index contributed by atoms with van der Waals surface area (Å²) < 4.78 is 72.0. The molecule has 0 saturated carbocycles. The molecule has 0 amide bonds. The van der Waals surface area contributed by atoms with Crippen molar-refractivity contribution in [3.8, 4) is 69.0 Å². The van der Waals surface area contributed by atoms with E-state index in [4.69, 9.17) is 56.8 Å². The van der Waals surface area contributed by atoms with Crippen molar-refractivity contribution >= 4 is 0 Å². The van der Waals surface area contributed by atoms with Crippen molar-refractivity contribution in [3.63, 3.8) is 0 Å². The zero-order chi connectivity index (χ0) is 65.2. The molecule has 8 aromatic rings. The number of fused-ring (bicyclic) bond motifs is 4. The minimum absolute atomic E-state index is 0.164. The van der Waals surface area contributed by atoms with E-state index in [-0.39, 0.29) is 42.6 Å². The van der Waals surface area contributed by atoms with Crippen LogP contribution in [0.25, 0.3) is 0 Å². The molecule has 0 saturated heterocycles. The lowest BCUT2D eigenvalue weighted by molar-refractivity contribution is 0.0640. The monoisotopic (exact) mass is 1270 g/mol. The first kappa shape index (κ1) is 67.1. The molecular formula is C77H88O16. The number of rotatable bonds is 12. The molecule has 0 aliphatic carbocycles. The van der Waals surface area contributed by atoms with Crippen LogP contribution in [0.2, 0.25) is 0 Å². The second-order valence-corrected chi connectivity index (χ2v) is 24.2. The number of phenols is 4. The summed E-state index contributed by atoms with van der Waals surface area (Å²) in [5.41, 5.74) is 8.92. The Hall–Kier alpha value is -8.80. The largest absolute Gasteiger partial charge is 0.508 e. The van der Waals surface area contributed by atoms with Gasteiger partial charge in [-0.1, -0.05) is 126 Å². The van der Waals surface area contributed by atoms with Crippen LogP contribution >= 0.6 is 0 Å². The van der Waals surface area contributed by atoms with Gasteiger partial charge in [0, 0.05) is 30.1 Å². The van der Waals surface area contributed by atoms with E-state index in [1.54, 1.807) is 12.1 Å². The Bertz CT molecular complexity index is 3520. The van der Waals surface area contributed by atoms with Crippen LogP contribution in [0.15, 0.2) is 146 Å². The Kier molecular flexibility index (Phi) is 23.2. The van der Waals surface area contributed by atoms with Crippen LogP contribution in [-0.2, 0) is 61.9 Å². The third-order valence-corrected chi connectivity index (χ3v) is 17.1. The Morgan fingerprint density at radius 1 is 0.280 bits per heavy atom. The van der Waals surface area contributed by atoms with Crippen molar-refractivity contribution in [3.05, 3.63) is 212 Å². The zero-order valence-electron chi connectivity index (χ0n) is 54.4. The van der Waals surface area contributed by atoms with Crippen LogP contribution in [0.5, 0.6) is 69.0 Å². The lowest BCUT2D eigenvalue weighted by atomic mass is 9.75. The third-order valence-electron chi connectivity index (χ3n) is 17.1. The van der Waals surface area contributed by atoms with E-state index in [0.29, 0.717) is 175 Å². The predicted octanol–water partition coefficient (Wildman–Crippen LogP) is 13.6. The molecule has 16 nitrogen and oxygen atoms in total. The highest BCUT2D eigenvalue weighted by Crippen LogP contribution is 2.43. The van der Waals surface area contributed by atoms with Gasteiger partial charge in [-0.05, 0) is 140 Å². The minimum atomic E-state index is -0.599. The zero-order valence-corrected chi connectivity index (χ0v) is 54.4. The van der Waals surface area contributed by atoms with E-state index in [2.05, 4.69) is 52.0 Å². The number of hydrogen-bond donors (Lipinski definition) is 4. The van der Waals surface area contributed by atoms with E-state index in [1.165, 1.54) is 0 Å². The normalized spacial score (nSPS) is 15.2. The van der Waals surface area contributed by atoms with Gasteiger partial charge in [0.15, 0.2) is 46.0 Å². The molecular weight excluding hydrogens is 1180 g/mol. The summed E-state index contributed by atoms with van der Waals surface area (Å²) in [5, 5.41) is 46.9. The highest BCUT2D eigenvalue weighted by Gasteiger charge is 2.30. The molecule has 2 heterocycles. The van der Waals surface area contributed by atoms with Gasteiger partial charge in [-0.2, -0.15) is 0 Å². The Morgan fingerprint density at radius 2 is 0.559 bits per heavy atom. The number of para-hydroxylation sites is 4. The lowest BCUT2D eigenvalue weighted by Crippen LogP contribution is -2.21. The van der Waals surface area contributed by atoms with Crippen molar-refractivity contribution in [1.29, 1.82) is 0 Å². The third kappa shape index (κ3) is 17.5. The van der Waals surface area contributed by atoms with Crippen LogP contribution in [0, 0.1) is 0 Å². The van der Waals surface area contributed by atoms with E-state index < -0.39 is 10.8 Å². The van der Waals surface area contributed by atoms with Crippen molar-refractivity contribution < 1.29 is 77.3 Å². The molecule has 0 spiro atoms. The predicted molar refractivity (Wildman–Crippen MR) is 357 cm³/mol. The molecule has 93 heavy (non-hydrogen) atoms. The van der Waals surface area contributed by atoms with Gasteiger partial charge in [-0.25, -0.2) is 0 Å². The summed E-state index contributed by atoms with van der Waals surface area (Å²) in [6, 6.07) is 46.4. The van der Waals surface area contributed by atoms with Gasteiger partial charge in [-0.3, -0.25) is 0 Å². The SMILES string of the molecule is CCc1cc(C(C)(C)c2ccc(O)c(Cc3ccc4c(c3)OCCOCCOc3ccccc3OCCOCCO4)c2)cc(Cc2cc(C(C)(C)c3ccc(O)c(Cc4ccc5c(c4)OCCOCCOc4ccccc4OCCOCCO5)c3)cc(CC)c2O)c1O. The molecule has 8 aromatic carbocycles. The molecule has 10 rings (SSSR count). The summed E-state index contributed by atoms with van der Waals surface area (Å²) in [7, 11) is 0. The molecule has 0 aromatic heterocycles. The molecule has 2 aliphatic heterocycles. The highest BCUT2D eigenvalue weighted by atomic mass is 16.6. The average Bonchev–Trinajstić information content (AvgIpc) is 0.900. The number of ether oxygens (including phenoxy) is 12. The Labute approximate surface area is 546 Å². The quantitative estimate of drug-likeness (QED) is 0.0902. The fourth-order valence-corrected chi connectivity index (χ4v) is 11.5. The number of hydrogen-bond acceptors (Lipinski definition) is 16. The van der Waals surface area contributed by atoms with Crippen molar-refractivity contribution in [1.82, 2.24) is 0 Å². The number of benzene rings is 8. The first-order valence-electron chi connectivity index (χ1n) is 32.3. The smallest absolute Gasteiger partial charge is 0.161 e. The molecule has 0 radical (unpaired) electrons. The van der Waals surface area contributed by atoms with E-state index >= 15 is 0 Å². The van der Waals surface area contributed by atoms with E-state index in [9.17, 15) is 20.4 Å². The second kappa shape index (κ2) is 32.2. The van der Waals surface area contributed by atoms with Crippen LogP contribution in [0.4, 0.5) is 0 Å². The van der Waals surface area contributed by atoms with Crippen LogP contribution in [0.1, 0.15) is 108 Å². The van der Waals surface area contributed by atoms with E-state index in [1.807, 2.05) is 123 Å². The van der Waals surface area contributed by atoms with Crippen molar-refractivity contribution in [2.24, 2.45) is 0 Å². The molecule has 4 N–H and O–H groups in total. The van der Waals surface area contributed by atoms with Gasteiger partial charge in [0.25, 0.3) is 0 Å². The summed E-state index contributed by atoms with van der Waals surface area (Å²) in [4.78, 5) is 0. The molecule has 492 valence electrons. The lowest BCUT2D eigenvalue weighted by Gasteiger charge is -2.30. The van der Waals surface area contributed by atoms with E-state index in [0.717, 1.165) is 55.6 Å². The molecule has 0 bridgehead atoms. The van der Waals surface area contributed by atoms with Crippen LogP contribution in [0.3, 0.4) is 0 Å². The van der Waals surface area contributed by atoms with Crippen molar-refractivity contribution in [2.45, 2.75) is 84.5 Å². The topological polar surface area (TPSA) is 192 Å². The second-order valence-electron chi connectivity index (χ2n) is 24.2. The van der Waals surface area contributed by atoms with Gasteiger partial charge in [0.1, 0.15) is 75.9 Å². The first-order chi connectivity index (χ1) is 45.2. The Balaban J connectivity index is 0.839. The summed E-state index contributed by atoms with van der Waals surface area (Å²) in [6.45, 7) is 18.0. The minimum Gasteiger partial charge on any atom is -0.508 e. The molecule has 0 fully saturated rings. The maximum Gasteiger partial charge on any atom is 0.161 e. The molecule has 0 unspecified atom stereocenters. The van der Waals surface area contributed by atoms with Gasteiger partial charge in [-0.15, -0.1) is 0 Å². The Morgan fingerprint density at radius 3 is 0.871 bits per heavy atom. The van der Waals surface area contributed by atoms with Crippen LogP contribution in [-0.4, -0.2) is 126 Å². The maximum absolute atomic E-state index is 12.0. The van der Waals surface area contributed by atoms with Gasteiger partial charge >= 0.3 is 0 Å². The van der Waals surface area contributed by atoms with Gasteiger partial charge in [0.05, 0.1) is 52.9 Å². The molecule has 16 heteroatoms. The summed E-state index contributed by atoms with van der Waals surface area (Å²) in [6.07, 6.45) is 2.22. The number of aromatic hydroxyl groups is 4.